The average molecular weight is 425 g/mol. The van der Waals surface area contributed by atoms with Gasteiger partial charge in [-0.1, -0.05) is 42.5 Å². The van der Waals surface area contributed by atoms with E-state index in [1.807, 2.05) is 36.4 Å². The Morgan fingerprint density at radius 1 is 0.818 bits per heavy atom. The van der Waals surface area contributed by atoms with Crippen molar-refractivity contribution in [2.45, 2.75) is 19.9 Å². The Hall–Kier alpha value is -4.54. The number of hydrogen-bond donors (Lipinski definition) is 0. The van der Waals surface area contributed by atoms with E-state index in [2.05, 4.69) is 76.7 Å². The molecular formula is C29H20N4. The maximum atomic E-state index is 9.82. The summed E-state index contributed by atoms with van der Waals surface area (Å²) in [6.07, 6.45) is 0. The number of fused-ring (bicyclic) bond motifs is 5. The number of nitriles is 1. The van der Waals surface area contributed by atoms with Crippen LogP contribution in [-0.4, -0.2) is 10.6 Å². The van der Waals surface area contributed by atoms with E-state index in [1.165, 1.54) is 0 Å². The molecule has 1 aliphatic rings. The van der Waals surface area contributed by atoms with Gasteiger partial charge in [0, 0.05) is 16.8 Å². The van der Waals surface area contributed by atoms with E-state index in [0.29, 0.717) is 11.3 Å². The monoisotopic (exact) mass is 424 g/mol. The third-order valence-electron chi connectivity index (χ3n) is 6.46. The molecule has 0 N–H and O–H groups in total. The summed E-state index contributed by atoms with van der Waals surface area (Å²) in [5.74, 6) is 0. The van der Waals surface area contributed by atoms with Crippen molar-refractivity contribution in [2.75, 3.05) is 4.90 Å². The summed E-state index contributed by atoms with van der Waals surface area (Å²) in [7, 11) is 0. The van der Waals surface area contributed by atoms with Crippen molar-refractivity contribution in [1.29, 1.82) is 5.26 Å². The molecule has 0 saturated heterocycles. The Balaban J connectivity index is 1.73. The zero-order chi connectivity index (χ0) is 22.7. The van der Waals surface area contributed by atoms with Gasteiger partial charge >= 0.3 is 0 Å². The van der Waals surface area contributed by atoms with Crippen molar-refractivity contribution >= 4 is 38.9 Å². The highest BCUT2D eigenvalue weighted by molar-refractivity contribution is 6.17. The summed E-state index contributed by atoms with van der Waals surface area (Å²) in [6.45, 7) is 11.6. The topological polar surface area (TPSA) is 36.3 Å². The Morgan fingerprint density at radius 3 is 2.24 bits per heavy atom. The van der Waals surface area contributed by atoms with Gasteiger partial charge in [0.05, 0.1) is 46.3 Å². The molecule has 4 aromatic carbocycles. The van der Waals surface area contributed by atoms with Crippen molar-refractivity contribution in [3.63, 3.8) is 0 Å². The van der Waals surface area contributed by atoms with Crippen LogP contribution in [0.2, 0.25) is 0 Å². The summed E-state index contributed by atoms with van der Waals surface area (Å²) >= 11 is 0. The van der Waals surface area contributed by atoms with Crippen LogP contribution in [-0.2, 0) is 0 Å². The first kappa shape index (κ1) is 19.2. The Kier molecular flexibility index (Phi) is 4.06. The van der Waals surface area contributed by atoms with Crippen molar-refractivity contribution in [3.8, 4) is 22.9 Å². The molecule has 0 spiro atoms. The summed E-state index contributed by atoms with van der Waals surface area (Å²) in [5, 5.41) is 12.0. The smallest absolute Gasteiger partial charge is 0.187 e. The first-order chi connectivity index (χ1) is 16.1. The lowest BCUT2D eigenvalue weighted by Crippen LogP contribution is -2.29. The lowest BCUT2D eigenvalue weighted by Gasteiger charge is -2.36. The predicted molar refractivity (Wildman–Crippen MR) is 134 cm³/mol. The molecule has 5 aromatic rings. The Labute approximate surface area is 192 Å². The molecule has 4 heteroatoms. The Morgan fingerprint density at radius 2 is 1.55 bits per heavy atom. The average Bonchev–Trinajstić information content (AvgIpc) is 3.18. The second-order valence-corrected chi connectivity index (χ2v) is 8.68. The molecule has 0 radical (unpaired) electrons. The molecule has 0 atom stereocenters. The minimum Gasteiger partial charge on any atom is -0.335 e. The number of para-hydroxylation sites is 2. The quantitative estimate of drug-likeness (QED) is 0.272. The largest absolute Gasteiger partial charge is 0.335 e. The molecule has 33 heavy (non-hydrogen) atoms. The number of nitrogens with zero attached hydrogens (tertiary/aromatic N) is 4. The van der Waals surface area contributed by atoms with Gasteiger partial charge in [0.25, 0.3) is 0 Å². The minimum absolute atomic E-state index is 0.242. The van der Waals surface area contributed by atoms with Crippen LogP contribution in [0, 0.1) is 17.9 Å². The standard InChI is InChI=1S/C29H20N4/c1-18(2)32-26-6-4-5-7-27(26)33-25-13-10-21(20-8-11-22(31-3)12-9-20)16-23(25)24-14-19(17-30)15-28(32)29(24)33/h4-16,18H,1-2H3. The van der Waals surface area contributed by atoms with Crippen LogP contribution in [0.5, 0.6) is 0 Å². The van der Waals surface area contributed by atoms with Crippen LogP contribution in [0.4, 0.5) is 17.1 Å². The molecule has 6 rings (SSSR count). The van der Waals surface area contributed by atoms with E-state index in [9.17, 15) is 5.26 Å². The van der Waals surface area contributed by atoms with E-state index in [4.69, 9.17) is 6.57 Å². The van der Waals surface area contributed by atoms with E-state index >= 15 is 0 Å². The highest BCUT2D eigenvalue weighted by Crippen LogP contribution is 2.48. The minimum atomic E-state index is 0.242. The number of anilines is 2. The maximum Gasteiger partial charge on any atom is 0.187 e. The molecule has 0 saturated carbocycles. The Bertz CT molecular complexity index is 1660. The first-order valence-corrected chi connectivity index (χ1v) is 11.0. The molecule has 0 bridgehead atoms. The van der Waals surface area contributed by atoms with Gasteiger partial charge in [-0.05, 0) is 61.4 Å². The number of benzene rings is 4. The number of hydrogen-bond acceptors (Lipinski definition) is 2. The van der Waals surface area contributed by atoms with Gasteiger partial charge in [0.2, 0.25) is 0 Å². The van der Waals surface area contributed by atoms with Gasteiger partial charge in [-0.25, -0.2) is 4.85 Å². The van der Waals surface area contributed by atoms with Crippen molar-refractivity contribution < 1.29 is 0 Å². The summed E-state index contributed by atoms with van der Waals surface area (Å²) in [4.78, 5) is 5.84. The predicted octanol–water partition coefficient (Wildman–Crippen LogP) is 7.73. The van der Waals surface area contributed by atoms with Gasteiger partial charge in [-0.2, -0.15) is 5.26 Å². The zero-order valence-electron chi connectivity index (χ0n) is 18.4. The molecule has 156 valence electrons. The lowest BCUT2D eigenvalue weighted by molar-refractivity contribution is 0.781. The first-order valence-electron chi connectivity index (χ1n) is 11.0. The van der Waals surface area contributed by atoms with Gasteiger partial charge in [-0.3, -0.25) is 0 Å². The molecule has 2 heterocycles. The van der Waals surface area contributed by atoms with E-state index < -0.39 is 0 Å². The summed E-state index contributed by atoms with van der Waals surface area (Å²) in [6, 6.07) is 29.3. The maximum absolute atomic E-state index is 9.82. The van der Waals surface area contributed by atoms with Gasteiger partial charge in [0.1, 0.15) is 0 Å². The molecule has 4 nitrogen and oxygen atoms in total. The molecule has 0 unspecified atom stereocenters. The van der Waals surface area contributed by atoms with Crippen LogP contribution in [0.25, 0.3) is 43.5 Å². The van der Waals surface area contributed by atoms with Gasteiger partial charge in [-0.15, -0.1) is 0 Å². The van der Waals surface area contributed by atoms with Gasteiger partial charge in [0.15, 0.2) is 5.69 Å². The normalized spacial score (nSPS) is 12.1. The molecule has 0 amide bonds. The van der Waals surface area contributed by atoms with Gasteiger partial charge < -0.3 is 9.47 Å². The molecule has 1 aliphatic heterocycles. The SMILES string of the molecule is [C-]#[N+]c1ccc(-c2ccc3c(c2)c2cc(C#N)cc4c2n3-c2ccccc2N4C(C)C)cc1. The summed E-state index contributed by atoms with van der Waals surface area (Å²) < 4.78 is 2.33. The van der Waals surface area contributed by atoms with E-state index in [-0.39, 0.29) is 6.04 Å². The van der Waals surface area contributed by atoms with Crippen LogP contribution >= 0.6 is 0 Å². The van der Waals surface area contributed by atoms with E-state index in [1.54, 1.807) is 0 Å². The third-order valence-corrected chi connectivity index (χ3v) is 6.46. The number of aromatic nitrogens is 1. The second kappa shape index (κ2) is 6.99. The molecule has 1 aromatic heterocycles. The molecule has 0 fully saturated rings. The fraction of sp³-hybridized carbons (Fsp3) is 0.103. The fourth-order valence-electron chi connectivity index (χ4n) is 5.08. The van der Waals surface area contributed by atoms with Crippen LogP contribution < -0.4 is 4.90 Å². The lowest BCUT2D eigenvalue weighted by atomic mass is 10.0. The molecular weight excluding hydrogens is 404 g/mol. The van der Waals surface area contributed by atoms with E-state index in [0.717, 1.165) is 50.0 Å². The van der Waals surface area contributed by atoms with Crippen LogP contribution in [0.15, 0.2) is 78.9 Å². The fourth-order valence-corrected chi connectivity index (χ4v) is 5.08. The molecule has 0 aliphatic carbocycles. The van der Waals surface area contributed by atoms with Crippen LogP contribution in [0.1, 0.15) is 19.4 Å². The van der Waals surface area contributed by atoms with Crippen molar-refractivity contribution in [2.24, 2.45) is 0 Å². The third kappa shape index (κ3) is 2.68. The summed E-state index contributed by atoms with van der Waals surface area (Å²) in [5.41, 5.74) is 9.08. The second-order valence-electron chi connectivity index (χ2n) is 8.68. The van der Waals surface area contributed by atoms with Crippen molar-refractivity contribution in [3.05, 3.63) is 95.8 Å². The zero-order valence-corrected chi connectivity index (χ0v) is 18.4. The highest BCUT2D eigenvalue weighted by atomic mass is 15.2. The number of rotatable bonds is 2. The highest BCUT2D eigenvalue weighted by Gasteiger charge is 2.29. The van der Waals surface area contributed by atoms with Crippen LogP contribution in [0.3, 0.4) is 0 Å². The van der Waals surface area contributed by atoms with Crippen molar-refractivity contribution in [1.82, 2.24) is 4.57 Å².